The number of hydrogen-bond donors (Lipinski definition) is 0. The zero-order valence-corrected chi connectivity index (χ0v) is 18.5. The van der Waals surface area contributed by atoms with E-state index in [0.29, 0.717) is 4.12 Å². The minimum absolute atomic E-state index is 0.703. The van der Waals surface area contributed by atoms with Crippen molar-refractivity contribution in [2.45, 2.75) is 110 Å². The minimum atomic E-state index is -2.15. The summed E-state index contributed by atoms with van der Waals surface area (Å²) in [6.45, 7) is 12.5. The molecular formula is C19H42OSn. The predicted octanol–water partition coefficient (Wildman–Crippen LogP) is 6.97. The molecule has 0 heterocycles. The van der Waals surface area contributed by atoms with Gasteiger partial charge in [0, 0.05) is 0 Å². The van der Waals surface area contributed by atoms with Crippen LogP contribution in [0.25, 0.3) is 0 Å². The van der Waals surface area contributed by atoms with E-state index in [9.17, 15) is 0 Å². The Morgan fingerprint density at radius 2 is 1.10 bits per heavy atom. The number of unbranched alkanes of at least 4 members (excludes halogenated alkanes) is 4. The summed E-state index contributed by atoms with van der Waals surface area (Å²) in [5, 5.41) is 0. The van der Waals surface area contributed by atoms with Gasteiger partial charge in [-0.25, -0.2) is 0 Å². The van der Waals surface area contributed by atoms with Crippen LogP contribution in [0.2, 0.25) is 13.3 Å². The standard InChI is InChI=1S/C7H15O.3C4H9.Sn/c1-3-5-6-7-8-4-2;3*1-3-4-2;/h7H,3-6H2,1-2H3;3*1,3-4H2,2H3;. The molecule has 21 heavy (non-hydrogen) atoms. The molecule has 0 saturated heterocycles. The third-order valence-corrected chi connectivity index (χ3v) is 21.7. The Morgan fingerprint density at radius 3 is 1.43 bits per heavy atom. The molecule has 0 aliphatic carbocycles. The molecule has 0 aromatic carbocycles. The molecule has 0 saturated carbocycles. The molecule has 0 aromatic heterocycles. The predicted molar refractivity (Wildman–Crippen MR) is 99.8 cm³/mol. The molecule has 1 unspecified atom stereocenters. The maximum atomic E-state index is 6.39. The van der Waals surface area contributed by atoms with Gasteiger partial charge in [0.2, 0.25) is 0 Å². The third-order valence-electron chi connectivity index (χ3n) is 4.96. The van der Waals surface area contributed by atoms with E-state index in [0.717, 1.165) is 6.61 Å². The van der Waals surface area contributed by atoms with Crippen LogP contribution in [-0.2, 0) is 4.74 Å². The van der Waals surface area contributed by atoms with Crippen molar-refractivity contribution in [3.63, 3.8) is 0 Å². The molecule has 0 spiro atoms. The fourth-order valence-corrected chi connectivity index (χ4v) is 21.4. The summed E-state index contributed by atoms with van der Waals surface area (Å²) in [5.74, 6) is 0. The van der Waals surface area contributed by atoms with E-state index >= 15 is 0 Å². The SMILES string of the molecule is CCCC[CH](OCC)[Sn]([CH2]CCC)([CH2]CCC)[CH2]CCC. The van der Waals surface area contributed by atoms with Crippen LogP contribution in [0.15, 0.2) is 0 Å². The molecule has 0 rings (SSSR count). The first-order valence-corrected chi connectivity index (χ1v) is 17.5. The second-order valence-electron chi connectivity index (χ2n) is 6.76. The van der Waals surface area contributed by atoms with E-state index in [1.807, 2.05) is 0 Å². The van der Waals surface area contributed by atoms with E-state index in [1.54, 1.807) is 13.3 Å². The van der Waals surface area contributed by atoms with Gasteiger partial charge in [0.15, 0.2) is 0 Å². The first-order valence-electron chi connectivity index (χ1n) is 9.82. The summed E-state index contributed by atoms with van der Waals surface area (Å²) in [4.78, 5) is 0. The van der Waals surface area contributed by atoms with E-state index in [2.05, 4.69) is 34.6 Å². The zero-order chi connectivity index (χ0) is 16.0. The average molecular weight is 405 g/mol. The van der Waals surface area contributed by atoms with E-state index in [4.69, 9.17) is 4.74 Å². The topological polar surface area (TPSA) is 9.23 Å². The normalized spacial score (nSPS) is 13.6. The molecule has 2 heteroatoms. The van der Waals surface area contributed by atoms with Crippen LogP contribution in [0, 0.1) is 0 Å². The van der Waals surface area contributed by atoms with E-state index < -0.39 is 18.4 Å². The second kappa shape index (κ2) is 14.4. The molecule has 0 fully saturated rings. The molecule has 128 valence electrons. The van der Waals surface area contributed by atoms with E-state index in [1.165, 1.54) is 57.8 Å². The van der Waals surface area contributed by atoms with Crippen molar-refractivity contribution in [2.24, 2.45) is 0 Å². The van der Waals surface area contributed by atoms with Crippen molar-refractivity contribution in [3.8, 4) is 0 Å². The second-order valence-corrected chi connectivity index (χ2v) is 20.7. The van der Waals surface area contributed by atoms with Crippen LogP contribution in [-0.4, -0.2) is 29.1 Å². The van der Waals surface area contributed by atoms with Gasteiger partial charge in [0.1, 0.15) is 0 Å². The number of rotatable bonds is 15. The summed E-state index contributed by atoms with van der Waals surface area (Å²) in [7, 11) is 0. The van der Waals surface area contributed by atoms with Crippen molar-refractivity contribution in [1.82, 2.24) is 0 Å². The molecule has 0 amide bonds. The van der Waals surface area contributed by atoms with Crippen LogP contribution in [0.3, 0.4) is 0 Å². The Kier molecular flexibility index (Phi) is 14.9. The van der Waals surface area contributed by atoms with Gasteiger partial charge in [-0.15, -0.1) is 0 Å². The third kappa shape index (κ3) is 8.83. The summed E-state index contributed by atoms with van der Waals surface area (Å²) in [6.07, 6.45) is 12.5. The molecule has 1 atom stereocenters. The van der Waals surface area contributed by atoms with Crippen molar-refractivity contribution >= 4 is 18.4 Å². The van der Waals surface area contributed by atoms with Crippen LogP contribution < -0.4 is 0 Å². The van der Waals surface area contributed by atoms with Crippen molar-refractivity contribution in [1.29, 1.82) is 0 Å². The molecule has 0 aromatic rings. The van der Waals surface area contributed by atoms with Gasteiger partial charge in [-0.05, 0) is 0 Å². The number of hydrogen-bond acceptors (Lipinski definition) is 1. The fraction of sp³-hybridized carbons (Fsp3) is 1.00. The van der Waals surface area contributed by atoms with Gasteiger partial charge in [0.05, 0.1) is 0 Å². The summed E-state index contributed by atoms with van der Waals surface area (Å²) >= 11 is -2.15. The van der Waals surface area contributed by atoms with Crippen LogP contribution in [0.5, 0.6) is 0 Å². The summed E-state index contributed by atoms with van der Waals surface area (Å²) in [5.41, 5.74) is 0. The Morgan fingerprint density at radius 1 is 0.667 bits per heavy atom. The zero-order valence-electron chi connectivity index (χ0n) is 15.7. The van der Waals surface area contributed by atoms with Crippen LogP contribution in [0.1, 0.15) is 92.4 Å². The maximum absolute atomic E-state index is 6.39. The van der Waals surface area contributed by atoms with Gasteiger partial charge < -0.3 is 0 Å². The van der Waals surface area contributed by atoms with Crippen molar-refractivity contribution < 1.29 is 4.74 Å². The quantitative estimate of drug-likeness (QED) is 0.267. The molecule has 0 aliphatic heterocycles. The monoisotopic (exact) mass is 406 g/mol. The van der Waals surface area contributed by atoms with Gasteiger partial charge in [0.25, 0.3) is 0 Å². The molecule has 1 nitrogen and oxygen atoms in total. The molecule has 0 N–H and O–H groups in total. The Labute approximate surface area is 139 Å². The molecular weight excluding hydrogens is 363 g/mol. The average Bonchev–Trinajstić information content (AvgIpc) is 2.51. The Hall–Kier alpha value is 0.759. The number of ether oxygens (including phenoxy) is 1. The Bertz CT molecular complexity index is 196. The summed E-state index contributed by atoms with van der Waals surface area (Å²) in [6, 6.07) is 0. The van der Waals surface area contributed by atoms with Gasteiger partial charge in [-0.3, -0.25) is 0 Å². The Balaban J connectivity index is 5.08. The first kappa shape index (κ1) is 21.8. The van der Waals surface area contributed by atoms with Crippen LogP contribution in [0.4, 0.5) is 0 Å². The van der Waals surface area contributed by atoms with Crippen LogP contribution >= 0.6 is 0 Å². The summed E-state index contributed by atoms with van der Waals surface area (Å²) < 4.78 is 11.8. The van der Waals surface area contributed by atoms with Gasteiger partial charge in [-0.1, -0.05) is 0 Å². The van der Waals surface area contributed by atoms with E-state index in [-0.39, 0.29) is 0 Å². The van der Waals surface area contributed by atoms with Crippen molar-refractivity contribution in [2.75, 3.05) is 6.61 Å². The van der Waals surface area contributed by atoms with Crippen molar-refractivity contribution in [3.05, 3.63) is 0 Å². The van der Waals surface area contributed by atoms with Gasteiger partial charge >= 0.3 is 140 Å². The fourth-order valence-electron chi connectivity index (χ4n) is 3.60. The molecule has 0 radical (unpaired) electrons. The molecule has 0 bridgehead atoms. The first-order chi connectivity index (χ1) is 10.2. The van der Waals surface area contributed by atoms with Gasteiger partial charge in [-0.2, -0.15) is 0 Å². The molecule has 0 aliphatic rings.